The van der Waals surface area contributed by atoms with Crippen molar-refractivity contribution in [2.45, 2.75) is 19.9 Å². The van der Waals surface area contributed by atoms with E-state index in [1.54, 1.807) is 11.9 Å². The first kappa shape index (κ1) is 10.7. The van der Waals surface area contributed by atoms with Gasteiger partial charge in [-0.2, -0.15) is 0 Å². The Morgan fingerprint density at radius 2 is 2.08 bits per heavy atom. The molecule has 1 unspecified atom stereocenters. The van der Waals surface area contributed by atoms with E-state index in [1.165, 1.54) is 6.92 Å². The quantitative estimate of drug-likeness (QED) is 0.428. The van der Waals surface area contributed by atoms with Gasteiger partial charge in [-0.1, -0.05) is 0 Å². The highest BCUT2D eigenvalue weighted by Gasteiger charge is 2.10. The molecule has 4 N–H and O–H groups in total. The van der Waals surface area contributed by atoms with Crippen LogP contribution in [0, 0.1) is 0 Å². The minimum Gasteiger partial charge on any atom is -0.370 e. The molecule has 0 aliphatic heterocycles. The minimum absolute atomic E-state index is 0.00768. The molecule has 0 aromatic rings. The van der Waals surface area contributed by atoms with Crippen molar-refractivity contribution in [3.8, 4) is 0 Å². The molecule has 0 aliphatic carbocycles. The highest BCUT2D eigenvalue weighted by atomic mass is 16.2. The van der Waals surface area contributed by atoms with Crippen molar-refractivity contribution in [2.24, 2.45) is 16.5 Å². The first-order valence-corrected chi connectivity index (χ1v) is 3.74. The minimum atomic E-state index is 0.00768. The van der Waals surface area contributed by atoms with Gasteiger partial charge in [0, 0.05) is 20.0 Å². The van der Waals surface area contributed by atoms with Crippen LogP contribution in [0.4, 0.5) is 0 Å². The number of hydrogen-bond donors (Lipinski definition) is 2. The number of nitrogens with zero attached hydrogens (tertiary/aromatic N) is 2. The van der Waals surface area contributed by atoms with Crippen molar-refractivity contribution in [3.05, 3.63) is 0 Å². The number of guanidine groups is 1. The molecule has 0 radical (unpaired) electrons. The number of rotatable bonds is 3. The molecule has 0 heterocycles. The maximum Gasteiger partial charge on any atom is 0.219 e. The van der Waals surface area contributed by atoms with E-state index in [2.05, 4.69) is 4.99 Å². The Morgan fingerprint density at radius 1 is 1.58 bits per heavy atom. The molecule has 0 bridgehead atoms. The van der Waals surface area contributed by atoms with Crippen LogP contribution >= 0.6 is 0 Å². The summed E-state index contributed by atoms with van der Waals surface area (Å²) >= 11 is 0. The van der Waals surface area contributed by atoms with Crippen LogP contribution < -0.4 is 11.5 Å². The lowest BCUT2D eigenvalue weighted by Crippen LogP contribution is -2.36. The molecule has 1 atom stereocenters. The van der Waals surface area contributed by atoms with E-state index in [-0.39, 0.29) is 17.9 Å². The lowest BCUT2D eigenvalue weighted by molar-refractivity contribution is -0.129. The van der Waals surface area contributed by atoms with Gasteiger partial charge in [0.25, 0.3) is 0 Å². The number of aliphatic imine (C=N–C) groups is 1. The zero-order chi connectivity index (χ0) is 9.72. The second-order valence-corrected chi connectivity index (χ2v) is 2.74. The van der Waals surface area contributed by atoms with E-state index >= 15 is 0 Å². The van der Waals surface area contributed by atoms with Gasteiger partial charge in [0.05, 0.1) is 6.54 Å². The molecule has 70 valence electrons. The zero-order valence-corrected chi connectivity index (χ0v) is 7.74. The van der Waals surface area contributed by atoms with E-state index in [4.69, 9.17) is 11.5 Å². The van der Waals surface area contributed by atoms with Crippen molar-refractivity contribution < 1.29 is 4.79 Å². The molecule has 1 amide bonds. The van der Waals surface area contributed by atoms with E-state index in [1.807, 2.05) is 6.92 Å². The third kappa shape index (κ3) is 3.80. The fourth-order valence-electron chi connectivity index (χ4n) is 0.670. The number of carbonyl (C=O) groups is 1. The summed E-state index contributed by atoms with van der Waals surface area (Å²) in [5.74, 6) is 0.0621. The average Bonchev–Trinajstić information content (AvgIpc) is 1.98. The molecule has 5 heteroatoms. The van der Waals surface area contributed by atoms with Crippen LogP contribution in [0.15, 0.2) is 4.99 Å². The Morgan fingerprint density at radius 3 is 2.42 bits per heavy atom. The van der Waals surface area contributed by atoms with E-state index < -0.39 is 0 Å². The topological polar surface area (TPSA) is 84.7 Å². The first-order chi connectivity index (χ1) is 5.45. The van der Waals surface area contributed by atoms with Crippen molar-refractivity contribution in [1.82, 2.24) is 4.90 Å². The highest BCUT2D eigenvalue weighted by molar-refractivity contribution is 5.76. The van der Waals surface area contributed by atoms with Gasteiger partial charge in [-0.15, -0.1) is 0 Å². The molecule has 0 fully saturated rings. The average molecular weight is 172 g/mol. The smallest absolute Gasteiger partial charge is 0.219 e. The lowest BCUT2D eigenvalue weighted by atomic mass is 10.3. The zero-order valence-electron chi connectivity index (χ0n) is 7.74. The van der Waals surface area contributed by atoms with Crippen molar-refractivity contribution in [1.29, 1.82) is 0 Å². The number of amides is 1. The van der Waals surface area contributed by atoms with Crippen LogP contribution in [0.1, 0.15) is 13.8 Å². The Balaban J connectivity index is 3.95. The summed E-state index contributed by atoms with van der Waals surface area (Å²) in [6.07, 6.45) is 0. The number of likely N-dealkylation sites (N-methyl/N-ethyl adjacent to an activating group) is 1. The van der Waals surface area contributed by atoms with E-state index in [9.17, 15) is 4.79 Å². The summed E-state index contributed by atoms with van der Waals surface area (Å²) in [4.78, 5) is 16.2. The van der Waals surface area contributed by atoms with Gasteiger partial charge in [-0.3, -0.25) is 9.79 Å². The Labute approximate surface area is 72.4 Å². The second kappa shape index (κ2) is 4.58. The molecule has 0 aromatic heterocycles. The van der Waals surface area contributed by atoms with Crippen LogP contribution in [-0.4, -0.2) is 36.4 Å². The van der Waals surface area contributed by atoms with Gasteiger partial charge in [-0.25, -0.2) is 0 Å². The summed E-state index contributed by atoms with van der Waals surface area (Å²) in [6, 6.07) is 0.0320. The van der Waals surface area contributed by atoms with Crippen molar-refractivity contribution in [2.75, 3.05) is 13.6 Å². The summed E-state index contributed by atoms with van der Waals surface area (Å²) in [6.45, 7) is 3.83. The standard InChI is InChI=1S/C7H16N4O/c1-5(4-10-7(8)9)11(3)6(2)12/h5H,4H2,1-3H3,(H4,8,9,10). The fourth-order valence-corrected chi connectivity index (χ4v) is 0.670. The summed E-state index contributed by atoms with van der Waals surface area (Å²) in [5.41, 5.74) is 10.3. The van der Waals surface area contributed by atoms with Gasteiger partial charge in [0.15, 0.2) is 5.96 Å². The van der Waals surface area contributed by atoms with E-state index in [0.717, 1.165) is 0 Å². The largest absolute Gasteiger partial charge is 0.370 e. The summed E-state index contributed by atoms with van der Waals surface area (Å²) in [7, 11) is 1.72. The van der Waals surface area contributed by atoms with Gasteiger partial charge >= 0.3 is 0 Å². The number of nitrogens with two attached hydrogens (primary N) is 2. The van der Waals surface area contributed by atoms with Crippen LogP contribution in [0.3, 0.4) is 0 Å². The van der Waals surface area contributed by atoms with Crippen molar-refractivity contribution in [3.63, 3.8) is 0 Å². The Kier molecular flexibility index (Phi) is 4.10. The first-order valence-electron chi connectivity index (χ1n) is 3.74. The molecular weight excluding hydrogens is 156 g/mol. The normalized spacial score (nSPS) is 11.9. The van der Waals surface area contributed by atoms with Gasteiger partial charge < -0.3 is 16.4 Å². The molecule has 5 nitrogen and oxygen atoms in total. The summed E-state index contributed by atoms with van der Waals surface area (Å²) in [5, 5.41) is 0. The fraction of sp³-hybridized carbons (Fsp3) is 0.714. The van der Waals surface area contributed by atoms with Crippen LogP contribution in [0.2, 0.25) is 0 Å². The molecule has 0 saturated heterocycles. The molecule has 0 aliphatic rings. The number of hydrogen-bond acceptors (Lipinski definition) is 2. The SMILES string of the molecule is CC(=O)N(C)C(C)CN=C(N)N. The summed E-state index contributed by atoms with van der Waals surface area (Å²) < 4.78 is 0. The molecule has 0 spiro atoms. The molecule has 0 aromatic carbocycles. The monoisotopic (exact) mass is 172 g/mol. The molecule has 12 heavy (non-hydrogen) atoms. The molecule has 0 rings (SSSR count). The number of carbonyl (C=O) groups excluding carboxylic acids is 1. The second-order valence-electron chi connectivity index (χ2n) is 2.74. The predicted molar refractivity (Wildman–Crippen MR) is 48.6 cm³/mol. The highest BCUT2D eigenvalue weighted by Crippen LogP contribution is 1.95. The third-order valence-electron chi connectivity index (χ3n) is 1.70. The maximum absolute atomic E-state index is 10.8. The van der Waals surface area contributed by atoms with Gasteiger partial charge in [0.2, 0.25) is 5.91 Å². The Bertz CT molecular complexity index is 186. The van der Waals surface area contributed by atoms with Crippen LogP contribution in [-0.2, 0) is 4.79 Å². The van der Waals surface area contributed by atoms with Gasteiger partial charge in [-0.05, 0) is 6.92 Å². The third-order valence-corrected chi connectivity index (χ3v) is 1.70. The van der Waals surface area contributed by atoms with Crippen LogP contribution in [0.5, 0.6) is 0 Å². The predicted octanol–water partition coefficient (Wildman–Crippen LogP) is -0.873. The van der Waals surface area contributed by atoms with Gasteiger partial charge in [0.1, 0.15) is 0 Å². The Hall–Kier alpha value is -1.26. The van der Waals surface area contributed by atoms with E-state index in [0.29, 0.717) is 6.54 Å². The van der Waals surface area contributed by atoms with Crippen molar-refractivity contribution >= 4 is 11.9 Å². The molecular formula is C7H16N4O. The maximum atomic E-state index is 10.8. The molecule has 0 saturated carbocycles. The van der Waals surface area contributed by atoms with Crippen LogP contribution in [0.25, 0.3) is 0 Å². The lowest BCUT2D eigenvalue weighted by Gasteiger charge is -2.21.